The lowest BCUT2D eigenvalue weighted by molar-refractivity contribution is 0.120. The molecule has 0 radical (unpaired) electrons. The van der Waals surface area contributed by atoms with Gasteiger partial charge in [-0.2, -0.15) is 0 Å². The highest BCUT2D eigenvalue weighted by atomic mass is 35.5. The Morgan fingerprint density at radius 3 is 2.72 bits per heavy atom. The first-order valence-corrected chi connectivity index (χ1v) is 10.9. The van der Waals surface area contributed by atoms with Crippen molar-refractivity contribution >= 4 is 23.2 Å². The fraction of sp³-hybridized carbons (Fsp3) is 0.667. The van der Waals surface area contributed by atoms with Gasteiger partial charge in [-0.3, -0.25) is 9.89 Å². The predicted octanol–water partition coefficient (Wildman–Crippen LogP) is 1.73. The van der Waals surface area contributed by atoms with Gasteiger partial charge in [0, 0.05) is 70.0 Å². The van der Waals surface area contributed by atoms with Gasteiger partial charge >= 0.3 is 0 Å². The van der Waals surface area contributed by atoms with Crippen LogP contribution in [0, 0.1) is 0 Å². The molecule has 2 fully saturated rings. The summed E-state index contributed by atoms with van der Waals surface area (Å²) in [6, 6.07) is 6.59. The van der Waals surface area contributed by atoms with Crippen LogP contribution in [0.3, 0.4) is 0 Å². The van der Waals surface area contributed by atoms with Gasteiger partial charge in [-0.15, -0.1) is 0 Å². The van der Waals surface area contributed by atoms with Crippen molar-refractivity contribution in [3.8, 4) is 5.75 Å². The third kappa shape index (κ3) is 5.90. The van der Waals surface area contributed by atoms with Crippen LogP contribution in [0.2, 0.25) is 5.02 Å². The molecule has 0 aliphatic carbocycles. The molecule has 2 saturated heterocycles. The Labute approximate surface area is 180 Å². The van der Waals surface area contributed by atoms with Gasteiger partial charge in [0.25, 0.3) is 0 Å². The molecule has 8 heteroatoms. The minimum absolute atomic E-state index is 0.337. The first-order valence-electron chi connectivity index (χ1n) is 10.5. The number of piperazine rings is 1. The summed E-state index contributed by atoms with van der Waals surface area (Å²) < 4.78 is 5.51. The third-order valence-electron chi connectivity index (χ3n) is 5.96. The molecule has 2 atom stereocenters. The maximum absolute atomic E-state index is 6.20. The van der Waals surface area contributed by atoms with E-state index in [0.29, 0.717) is 12.1 Å². The van der Waals surface area contributed by atoms with Crippen molar-refractivity contribution in [1.82, 2.24) is 20.4 Å². The highest BCUT2D eigenvalue weighted by Crippen LogP contribution is 2.33. The Morgan fingerprint density at radius 2 is 2.03 bits per heavy atom. The lowest BCUT2D eigenvalue weighted by atomic mass is 10.2. The van der Waals surface area contributed by atoms with Gasteiger partial charge in [-0.1, -0.05) is 11.6 Å². The third-order valence-corrected chi connectivity index (χ3v) is 6.20. The number of rotatable bonds is 6. The topological polar surface area (TPSA) is 55.4 Å². The zero-order chi connectivity index (χ0) is 20.8. The minimum Gasteiger partial charge on any atom is -0.495 e. The summed E-state index contributed by atoms with van der Waals surface area (Å²) in [6.07, 6.45) is 1.05. The maximum atomic E-state index is 6.20. The van der Waals surface area contributed by atoms with Gasteiger partial charge in [0.15, 0.2) is 5.96 Å². The zero-order valence-electron chi connectivity index (χ0n) is 18.1. The largest absolute Gasteiger partial charge is 0.495 e. The smallest absolute Gasteiger partial charge is 0.191 e. The number of nitrogens with zero attached hydrogens (tertiary/aromatic N) is 4. The molecule has 3 rings (SSSR count). The van der Waals surface area contributed by atoms with E-state index in [9.17, 15) is 0 Å². The van der Waals surface area contributed by atoms with Gasteiger partial charge < -0.3 is 25.2 Å². The van der Waals surface area contributed by atoms with Gasteiger partial charge in [0.1, 0.15) is 5.75 Å². The van der Waals surface area contributed by atoms with E-state index in [2.05, 4.69) is 44.3 Å². The van der Waals surface area contributed by atoms with Crippen molar-refractivity contribution in [2.45, 2.75) is 25.4 Å². The van der Waals surface area contributed by atoms with Crippen LogP contribution in [0.5, 0.6) is 5.75 Å². The van der Waals surface area contributed by atoms with E-state index < -0.39 is 0 Å². The van der Waals surface area contributed by atoms with E-state index in [1.807, 2.05) is 25.2 Å². The van der Waals surface area contributed by atoms with Gasteiger partial charge in [0.05, 0.1) is 12.8 Å². The summed E-state index contributed by atoms with van der Waals surface area (Å²) in [4.78, 5) is 11.7. The number of ether oxygens (including phenoxy) is 1. The van der Waals surface area contributed by atoms with E-state index in [-0.39, 0.29) is 0 Å². The average Bonchev–Trinajstić information content (AvgIpc) is 3.19. The number of methoxy groups -OCH3 is 1. The van der Waals surface area contributed by atoms with E-state index in [4.69, 9.17) is 16.3 Å². The van der Waals surface area contributed by atoms with Crippen molar-refractivity contribution in [3.63, 3.8) is 0 Å². The molecule has 0 amide bonds. The Balaban J connectivity index is 1.49. The van der Waals surface area contributed by atoms with Crippen molar-refractivity contribution in [2.24, 2.45) is 4.99 Å². The van der Waals surface area contributed by atoms with Crippen LogP contribution in [0.15, 0.2) is 23.2 Å². The molecule has 2 N–H and O–H groups in total. The first kappa shape index (κ1) is 22.0. The fourth-order valence-corrected chi connectivity index (χ4v) is 4.20. The van der Waals surface area contributed by atoms with Crippen LogP contribution in [0.4, 0.5) is 5.69 Å². The standard InChI is InChI=1S/C21H35ClN6O/c1-16(27-11-9-26(3)10-12-27)14-24-21(23-2)25-18-7-8-28(15-18)19-13-17(22)5-6-20(19)29-4/h5-6,13,16,18H,7-12,14-15H2,1-4H3,(H2,23,24,25). The number of anilines is 1. The second kappa shape index (κ2) is 10.4. The van der Waals surface area contributed by atoms with E-state index in [1.54, 1.807) is 7.11 Å². The quantitative estimate of drug-likeness (QED) is 0.538. The Hall–Kier alpha value is -1.70. The highest BCUT2D eigenvalue weighted by Gasteiger charge is 2.26. The first-order chi connectivity index (χ1) is 14.0. The van der Waals surface area contributed by atoms with Crippen molar-refractivity contribution in [2.75, 3.05) is 71.9 Å². The summed E-state index contributed by atoms with van der Waals surface area (Å²) in [5.74, 6) is 1.73. The molecule has 0 bridgehead atoms. The van der Waals surface area contributed by atoms with Crippen LogP contribution < -0.4 is 20.3 Å². The van der Waals surface area contributed by atoms with Crippen LogP contribution in [-0.4, -0.2) is 94.9 Å². The molecular formula is C21H35ClN6O. The molecule has 0 spiro atoms. The molecule has 162 valence electrons. The van der Waals surface area contributed by atoms with Crippen LogP contribution in [0.25, 0.3) is 0 Å². The molecule has 2 aliphatic heterocycles. The zero-order valence-corrected chi connectivity index (χ0v) is 18.9. The van der Waals surface area contributed by atoms with E-state index in [1.165, 1.54) is 0 Å². The number of hydrogen-bond donors (Lipinski definition) is 2. The molecule has 2 aliphatic rings. The number of benzene rings is 1. The molecule has 7 nitrogen and oxygen atoms in total. The number of aliphatic imine (C=N–C) groups is 1. The average molecular weight is 423 g/mol. The van der Waals surface area contributed by atoms with Crippen LogP contribution >= 0.6 is 11.6 Å². The molecule has 0 aromatic heterocycles. The lowest BCUT2D eigenvalue weighted by Crippen LogP contribution is -2.53. The summed E-state index contributed by atoms with van der Waals surface area (Å²) in [7, 11) is 5.73. The number of nitrogens with one attached hydrogen (secondary N) is 2. The second-order valence-corrected chi connectivity index (χ2v) is 8.47. The van der Waals surface area contributed by atoms with Crippen molar-refractivity contribution < 1.29 is 4.74 Å². The summed E-state index contributed by atoms with van der Waals surface area (Å²) in [5.41, 5.74) is 1.05. The summed E-state index contributed by atoms with van der Waals surface area (Å²) >= 11 is 6.20. The van der Waals surface area contributed by atoms with E-state index >= 15 is 0 Å². The molecule has 29 heavy (non-hydrogen) atoms. The van der Waals surface area contributed by atoms with Gasteiger partial charge in [-0.25, -0.2) is 0 Å². The molecule has 1 aromatic rings. The fourth-order valence-electron chi connectivity index (χ4n) is 4.03. The minimum atomic E-state index is 0.337. The van der Waals surface area contributed by atoms with Gasteiger partial charge in [-0.05, 0) is 38.6 Å². The normalized spacial score (nSPS) is 22.6. The number of hydrogen-bond acceptors (Lipinski definition) is 5. The molecule has 0 saturated carbocycles. The predicted molar refractivity (Wildman–Crippen MR) is 122 cm³/mol. The van der Waals surface area contributed by atoms with E-state index in [0.717, 1.165) is 74.7 Å². The summed E-state index contributed by atoms with van der Waals surface area (Å²) in [6.45, 7) is 9.57. The Bertz CT molecular complexity index is 692. The van der Waals surface area contributed by atoms with Crippen molar-refractivity contribution in [3.05, 3.63) is 23.2 Å². The van der Waals surface area contributed by atoms with Crippen LogP contribution in [0.1, 0.15) is 13.3 Å². The number of likely N-dealkylation sites (N-methyl/N-ethyl adjacent to an activating group) is 1. The Kier molecular flexibility index (Phi) is 7.86. The molecule has 2 heterocycles. The lowest BCUT2D eigenvalue weighted by Gasteiger charge is -2.36. The maximum Gasteiger partial charge on any atom is 0.191 e. The van der Waals surface area contributed by atoms with Crippen molar-refractivity contribution in [1.29, 1.82) is 0 Å². The molecule has 1 aromatic carbocycles. The highest BCUT2D eigenvalue weighted by molar-refractivity contribution is 6.30. The van der Waals surface area contributed by atoms with Gasteiger partial charge in [0.2, 0.25) is 0 Å². The number of guanidine groups is 1. The monoisotopic (exact) mass is 422 g/mol. The summed E-state index contributed by atoms with van der Waals surface area (Å²) in [5, 5.41) is 7.82. The molecule has 2 unspecified atom stereocenters. The number of halogens is 1. The second-order valence-electron chi connectivity index (χ2n) is 8.03. The molecular weight excluding hydrogens is 388 g/mol. The van der Waals surface area contributed by atoms with Crippen LogP contribution in [-0.2, 0) is 0 Å². The Morgan fingerprint density at radius 1 is 1.28 bits per heavy atom. The SMILES string of the molecule is CN=C(NCC(C)N1CCN(C)CC1)NC1CCN(c2cc(Cl)ccc2OC)C1.